The van der Waals surface area contributed by atoms with E-state index in [0.29, 0.717) is 22.0 Å². The Morgan fingerprint density at radius 3 is 2.86 bits per heavy atom. The van der Waals surface area contributed by atoms with Gasteiger partial charge in [-0.1, -0.05) is 23.4 Å². The van der Waals surface area contributed by atoms with Crippen LogP contribution in [-0.4, -0.2) is 17.6 Å². The van der Waals surface area contributed by atoms with Crippen LogP contribution in [0, 0.1) is 18.8 Å². The van der Waals surface area contributed by atoms with Crippen molar-refractivity contribution in [3.05, 3.63) is 50.7 Å². The smallest absolute Gasteiger partial charge is 0.265 e. The van der Waals surface area contributed by atoms with Crippen LogP contribution in [0.4, 0.5) is 5.69 Å². The van der Waals surface area contributed by atoms with E-state index in [1.54, 1.807) is 24.3 Å². The number of hydrogen-bond acceptors (Lipinski definition) is 3. The van der Waals surface area contributed by atoms with Crippen molar-refractivity contribution in [1.29, 1.82) is 0 Å². The first-order valence-electron chi connectivity index (χ1n) is 6.37. The van der Waals surface area contributed by atoms with Crippen LogP contribution in [0.15, 0.2) is 30.3 Å². The summed E-state index contributed by atoms with van der Waals surface area (Å²) in [5, 5.41) is 12.0. The van der Waals surface area contributed by atoms with Gasteiger partial charge < -0.3 is 10.4 Å². The Hall–Kier alpha value is -1.80. The molecule has 0 spiro atoms. The van der Waals surface area contributed by atoms with Crippen molar-refractivity contribution < 1.29 is 9.90 Å². The molecule has 0 saturated heterocycles. The van der Waals surface area contributed by atoms with Crippen molar-refractivity contribution in [3.8, 4) is 11.8 Å². The van der Waals surface area contributed by atoms with Crippen LogP contribution in [0.5, 0.6) is 0 Å². The zero-order valence-corrected chi connectivity index (χ0v) is 13.0. The molecule has 0 fully saturated rings. The number of aliphatic hydroxyl groups excluding tert-OH is 1. The molecule has 0 radical (unpaired) electrons. The van der Waals surface area contributed by atoms with Gasteiger partial charge in [0.05, 0.1) is 22.2 Å². The number of rotatable bonds is 3. The van der Waals surface area contributed by atoms with Crippen molar-refractivity contribution >= 4 is 34.5 Å². The molecule has 1 heterocycles. The number of aliphatic hydroxyl groups is 1. The maximum Gasteiger partial charge on any atom is 0.265 e. The molecule has 0 unspecified atom stereocenters. The van der Waals surface area contributed by atoms with Crippen molar-refractivity contribution in [2.24, 2.45) is 0 Å². The quantitative estimate of drug-likeness (QED) is 0.848. The van der Waals surface area contributed by atoms with Gasteiger partial charge in [0.25, 0.3) is 5.91 Å². The van der Waals surface area contributed by atoms with Crippen molar-refractivity contribution in [3.63, 3.8) is 0 Å². The zero-order chi connectivity index (χ0) is 15.2. The van der Waals surface area contributed by atoms with E-state index < -0.39 is 0 Å². The second kappa shape index (κ2) is 7.28. The van der Waals surface area contributed by atoms with Gasteiger partial charge in [0, 0.05) is 16.9 Å². The lowest BCUT2D eigenvalue weighted by molar-refractivity contribution is 0.103. The molecule has 0 saturated carbocycles. The minimum absolute atomic E-state index is 0.0297. The molecule has 1 amide bonds. The van der Waals surface area contributed by atoms with Crippen LogP contribution in [0.3, 0.4) is 0 Å². The molecule has 1 aromatic heterocycles. The van der Waals surface area contributed by atoms with Crippen LogP contribution >= 0.6 is 22.9 Å². The summed E-state index contributed by atoms with van der Waals surface area (Å²) in [6.07, 6.45) is 0.415. The number of anilines is 1. The maximum absolute atomic E-state index is 12.1. The van der Waals surface area contributed by atoms with Gasteiger partial charge in [0.15, 0.2) is 0 Å². The summed E-state index contributed by atoms with van der Waals surface area (Å²) < 4.78 is 0. The predicted molar refractivity (Wildman–Crippen MR) is 87.0 cm³/mol. The lowest BCUT2D eigenvalue weighted by Crippen LogP contribution is -2.10. The predicted octanol–water partition coefficient (Wildman–Crippen LogP) is 3.70. The Morgan fingerprint density at radius 1 is 1.38 bits per heavy atom. The molecule has 0 atom stereocenters. The normalized spacial score (nSPS) is 9.86. The molecule has 0 aliphatic rings. The van der Waals surface area contributed by atoms with E-state index in [0.717, 1.165) is 10.4 Å². The minimum Gasteiger partial charge on any atom is -0.395 e. The van der Waals surface area contributed by atoms with Crippen molar-refractivity contribution in [2.45, 2.75) is 13.3 Å². The fraction of sp³-hybridized carbons (Fsp3) is 0.188. The molecule has 21 heavy (non-hydrogen) atoms. The molecule has 0 bridgehead atoms. The highest BCUT2D eigenvalue weighted by atomic mass is 35.5. The molecular weight excluding hydrogens is 306 g/mol. The average Bonchev–Trinajstić information content (AvgIpc) is 2.89. The number of carbonyl (C=O) groups is 1. The zero-order valence-electron chi connectivity index (χ0n) is 11.4. The summed E-state index contributed by atoms with van der Waals surface area (Å²) in [6, 6.07) is 8.88. The van der Waals surface area contributed by atoms with Gasteiger partial charge in [-0.3, -0.25) is 4.79 Å². The summed E-state index contributed by atoms with van der Waals surface area (Å²) >= 11 is 7.53. The van der Waals surface area contributed by atoms with Gasteiger partial charge in [0.1, 0.15) is 0 Å². The van der Waals surface area contributed by atoms with Crippen LogP contribution in [0.25, 0.3) is 0 Å². The molecule has 0 aliphatic heterocycles. The number of amides is 1. The Balaban J connectivity index is 2.17. The van der Waals surface area contributed by atoms with Crippen LogP contribution < -0.4 is 5.32 Å². The van der Waals surface area contributed by atoms with Gasteiger partial charge >= 0.3 is 0 Å². The van der Waals surface area contributed by atoms with E-state index in [9.17, 15) is 4.79 Å². The van der Waals surface area contributed by atoms with Crippen molar-refractivity contribution in [2.75, 3.05) is 11.9 Å². The van der Waals surface area contributed by atoms with Gasteiger partial charge in [-0.2, -0.15) is 0 Å². The highest BCUT2D eigenvalue weighted by Crippen LogP contribution is 2.24. The summed E-state index contributed by atoms with van der Waals surface area (Å²) in [5.74, 6) is 5.56. The summed E-state index contributed by atoms with van der Waals surface area (Å²) in [5.41, 5.74) is 1.27. The van der Waals surface area contributed by atoms with Gasteiger partial charge in [0.2, 0.25) is 0 Å². The molecular formula is C16H14ClNO2S. The fourth-order valence-electron chi connectivity index (χ4n) is 1.66. The molecule has 5 heteroatoms. The monoisotopic (exact) mass is 319 g/mol. The van der Waals surface area contributed by atoms with Gasteiger partial charge in [-0.05, 0) is 37.3 Å². The molecule has 2 aromatic rings. The number of thiophene rings is 1. The van der Waals surface area contributed by atoms with E-state index in [1.807, 2.05) is 13.0 Å². The molecule has 0 aliphatic carbocycles. The fourth-order valence-corrected chi connectivity index (χ4v) is 2.59. The Bertz CT molecular complexity index is 713. The number of nitrogens with one attached hydrogen (secondary N) is 1. The molecule has 2 rings (SSSR count). The Labute approximate surface area is 132 Å². The first-order valence-corrected chi connectivity index (χ1v) is 7.56. The number of carbonyl (C=O) groups excluding carboxylic acids is 1. The van der Waals surface area contributed by atoms with E-state index in [4.69, 9.17) is 16.7 Å². The molecule has 2 N–H and O–H groups in total. The van der Waals surface area contributed by atoms with E-state index in [2.05, 4.69) is 17.2 Å². The molecule has 108 valence electrons. The summed E-state index contributed by atoms with van der Waals surface area (Å²) in [6.45, 7) is 1.98. The number of benzene rings is 1. The number of hydrogen-bond donors (Lipinski definition) is 2. The second-order valence-electron chi connectivity index (χ2n) is 4.33. The van der Waals surface area contributed by atoms with E-state index in [1.165, 1.54) is 11.3 Å². The first-order chi connectivity index (χ1) is 10.1. The van der Waals surface area contributed by atoms with Gasteiger partial charge in [-0.15, -0.1) is 11.3 Å². The van der Waals surface area contributed by atoms with Gasteiger partial charge in [-0.25, -0.2) is 0 Å². The first kappa shape index (κ1) is 15.6. The van der Waals surface area contributed by atoms with Crippen LogP contribution in [0.1, 0.15) is 26.5 Å². The average molecular weight is 320 g/mol. The van der Waals surface area contributed by atoms with Crippen LogP contribution in [-0.2, 0) is 0 Å². The Kier molecular flexibility index (Phi) is 5.40. The largest absolute Gasteiger partial charge is 0.395 e. The lowest BCUT2D eigenvalue weighted by Gasteiger charge is -2.06. The third kappa shape index (κ3) is 4.33. The van der Waals surface area contributed by atoms with Crippen molar-refractivity contribution in [1.82, 2.24) is 0 Å². The third-order valence-corrected chi connectivity index (χ3v) is 3.98. The topological polar surface area (TPSA) is 49.3 Å². The minimum atomic E-state index is -0.185. The molecule has 1 aromatic carbocycles. The highest BCUT2D eigenvalue weighted by molar-refractivity contribution is 7.14. The van der Waals surface area contributed by atoms with E-state index >= 15 is 0 Å². The maximum atomic E-state index is 12.1. The second-order valence-corrected chi connectivity index (χ2v) is 6.03. The summed E-state index contributed by atoms with van der Waals surface area (Å²) in [4.78, 5) is 13.8. The molecule has 3 nitrogen and oxygen atoms in total. The van der Waals surface area contributed by atoms with Crippen LogP contribution in [0.2, 0.25) is 5.02 Å². The lowest BCUT2D eigenvalue weighted by atomic mass is 10.2. The SMILES string of the molecule is Cc1ccc(C(=O)Nc2cc(C#CCCO)ccc2Cl)s1. The summed E-state index contributed by atoms with van der Waals surface area (Å²) in [7, 11) is 0. The number of halogens is 1. The Morgan fingerprint density at radius 2 is 2.19 bits per heavy atom. The number of aryl methyl sites for hydroxylation is 1. The third-order valence-electron chi connectivity index (χ3n) is 2.65. The van der Waals surface area contributed by atoms with E-state index in [-0.39, 0.29) is 12.5 Å². The highest BCUT2D eigenvalue weighted by Gasteiger charge is 2.10. The standard InChI is InChI=1S/C16H14ClNO2S/c1-11-5-8-15(21-11)16(20)18-14-10-12(4-2-3-9-19)6-7-13(14)17/h5-8,10,19H,3,9H2,1H3,(H,18,20).